The summed E-state index contributed by atoms with van der Waals surface area (Å²) < 4.78 is 0. The SMILES string of the molecule is CC12CCC(c3c1n[n-]c3-c1cc3ccccc3cn1)C2(C)C.O=C(O)c1ccccn1.[Pt]. The summed E-state index contributed by atoms with van der Waals surface area (Å²) in [6, 6.07) is 15.3. The molecular weight excluding hydrogens is 595 g/mol. The number of carboxylic acid groups (broad SMARTS) is 1. The maximum atomic E-state index is 10.1. The molecule has 0 amide bonds. The fourth-order valence-electron chi connectivity index (χ4n) is 5.38. The first-order valence-electron chi connectivity index (χ1n) is 10.9. The summed E-state index contributed by atoms with van der Waals surface area (Å²) in [5.74, 6) is -0.434. The van der Waals surface area contributed by atoms with Gasteiger partial charge in [-0.3, -0.25) is 4.98 Å². The van der Waals surface area contributed by atoms with Gasteiger partial charge in [-0.1, -0.05) is 56.8 Å². The Balaban J connectivity index is 0.000000221. The van der Waals surface area contributed by atoms with Crippen molar-refractivity contribution in [1.82, 2.24) is 20.2 Å². The molecule has 0 spiro atoms. The Kier molecular flexibility index (Phi) is 6.00. The van der Waals surface area contributed by atoms with Crippen LogP contribution in [0, 0.1) is 5.41 Å². The van der Waals surface area contributed by atoms with Gasteiger partial charge >= 0.3 is 5.97 Å². The molecule has 0 saturated heterocycles. The Morgan fingerprint density at radius 1 is 1.06 bits per heavy atom. The quantitative estimate of drug-likeness (QED) is 0.331. The zero-order chi connectivity index (χ0) is 22.5. The Labute approximate surface area is 207 Å². The number of pyridine rings is 2. The third kappa shape index (κ3) is 3.61. The Bertz CT molecular complexity index is 1320. The minimum atomic E-state index is -0.990. The minimum absolute atomic E-state index is 0. The van der Waals surface area contributed by atoms with E-state index < -0.39 is 5.97 Å². The number of nitrogens with zero attached hydrogens (tertiary/aromatic N) is 4. The van der Waals surface area contributed by atoms with Gasteiger partial charge in [0.25, 0.3) is 0 Å². The van der Waals surface area contributed by atoms with Crippen molar-refractivity contribution in [1.29, 1.82) is 0 Å². The molecular formula is C26H25N4O2Pt-. The van der Waals surface area contributed by atoms with Crippen LogP contribution < -0.4 is 5.10 Å². The van der Waals surface area contributed by atoms with Crippen LogP contribution in [-0.2, 0) is 26.5 Å². The first-order chi connectivity index (χ1) is 15.3. The third-order valence-corrected chi connectivity index (χ3v) is 7.62. The molecule has 1 saturated carbocycles. The van der Waals surface area contributed by atoms with E-state index in [4.69, 9.17) is 5.11 Å². The standard InChI is InChI=1S/C20H20N3.C6H5NO2.Pt/c1-19(2)14-8-9-20(19,3)18-16(14)17(22-23-18)15-10-12-6-4-5-7-13(12)11-21-15;8-6(9)5-3-1-2-4-7-5;/h4-7,10-11,14H,8-9H2,1-3H3;1-4H,(H,8,9);/q-1;;. The van der Waals surface area contributed by atoms with Gasteiger partial charge in [0.15, 0.2) is 0 Å². The molecule has 172 valence electrons. The second-order valence-corrected chi connectivity index (χ2v) is 9.39. The van der Waals surface area contributed by atoms with Crippen LogP contribution in [-0.4, -0.2) is 26.1 Å². The monoisotopic (exact) mass is 620 g/mol. The predicted octanol–water partition coefficient (Wildman–Crippen LogP) is 5.21. The number of fused-ring (bicyclic) bond motifs is 6. The summed E-state index contributed by atoms with van der Waals surface area (Å²) >= 11 is 0. The third-order valence-electron chi connectivity index (χ3n) is 7.62. The number of carboxylic acids is 1. The van der Waals surface area contributed by atoms with Crippen molar-refractivity contribution in [2.75, 3.05) is 0 Å². The summed E-state index contributed by atoms with van der Waals surface area (Å²) in [4.78, 5) is 18.4. The summed E-state index contributed by atoms with van der Waals surface area (Å²) in [5, 5.41) is 19.9. The van der Waals surface area contributed by atoms with E-state index in [0.29, 0.717) is 5.92 Å². The number of hydrogen-bond acceptors (Lipinski definition) is 4. The van der Waals surface area contributed by atoms with E-state index in [1.54, 1.807) is 12.1 Å². The molecule has 3 heterocycles. The Morgan fingerprint density at radius 2 is 1.79 bits per heavy atom. The Morgan fingerprint density at radius 3 is 2.45 bits per heavy atom. The van der Waals surface area contributed by atoms with E-state index in [1.165, 1.54) is 47.1 Å². The van der Waals surface area contributed by atoms with Crippen molar-refractivity contribution in [3.05, 3.63) is 77.9 Å². The number of aromatic carboxylic acids is 1. The Hall–Kier alpha value is -2.85. The van der Waals surface area contributed by atoms with E-state index in [1.807, 2.05) is 12.3 Å². The van der Waals surface area contributed by atoms with Crippen LogP contribution in [0.1, 0.15) is 61.3 Å². The summed E-state index contributed by atoms with van der Waals surface area (Å²) in [5.41, 5.74) is 5.07. The van der Waals surface area contributed by atoms with Gasteiger partial charge < -0.3 is 15.3 Å². The van der Waals surface area contributed by atoms with Crippen molar-refractivity contribution in [3.63, 3.8) is 0 Å². The second-order valence-electron chi connectivity index (χ2n) is 9.39. The van der Waals surface area contributed by atoms with Crippen molar-refractivity contribution in [2.45, 2.75) is 44.9 Å². The normalized spacial score (nSPS) is 21.6. The molecule has 3 aromatic heterocycles. The van der Waals surface area contributed by atoms with Crippen molar-refractivity contribution < 1.29 is 31.0 Å². The van der Waals surface area contributed by atoms with Crippen LogP contribution in [0.4, 0.5) is 0 Å². The molecule has 2 bridgehead atoms. The maximum absolute atomic E-state index is 10.1. The molecule has 7 heteroatoms. The molecule has 1 N–H and O–H groups in total. The molecule has 2 aliphatic rings. The number of benzene rings is 1. The summed E-state index contributed by atoms with van der Waals surface area (Å²) in [6.07, 6.45) is 5.86. The van der Waals surface area contributed by atoms with Gasteiger partial charge in [-0.05, 0) is 53.3 Å². The molecule has 1 aromatic carbocycles. The van der Waals surface area contributed by atoms with Gasteiger partial charge in [0, 0.05) is 50.0 Å². The molecule has 33 heavy (non-hydrogen) atoms. The average molecular weight is 621 g/mol. The van der Waals surface area contributed by atoms with Crippen molar-refractivity contribution in [2.24, 2.45) is 5.41 Å². The van der Waals surface area contributed by atoms with E-state index >= 15 is 0 Å². The summed E-state index contributed by atoms with van der Waals surface area (Å²) in [7, 11) is 0. The molecule has 0 aliphatic heterocycles. The van der Waals surface area contributed by atoms with E-state index in [-0.39, 0.29) is 37.6 Å². The van der Waals surface area contributed by atoms with E-state index in [9.17, 15) is 4.79 Å². The molecule has 1 fully saturated rings. The number of hydrogen-bond donors (Lipinski definition) is 1. The first kappa shape index (κ1) is 23.3. The topological polar surface area (TPSA) is 90.1 Å². The van der Waals surface area contributed by atoms with E-state index in [0.717, 1.165) is 11.4 Å². The van der Waals surface area contributed by atoms with Crippen LogP contribution in [0.15, 0.2) is 60.9 Å². The van der Waals surface area contributed by atoms with Gasteiger partial charge in [-0.25, -0.2) is 9.78 Å². The van der Waals surface area contributed by atoms with Crippen LogP contribution in [0.3, 0.4) is 0 Å². The molecule has 4 aromatic rings. The molecule has 2 unspecified atom stereocenters. The zero-order valence-electron chi connectivity index (χ0n) is 18.7. The predicted molar refractivity (Wildman–Crippen MR) is 123 cm³/mol. The number of aromatic nitrogens is 4. The average Bonchev–Trinajstić information content (AvgIpc) is 3.39. The fourth-order valence-corrected chi connectivity index (χ4v) is 5.38. The van der Waals surface area contributed by atoms with Crippen LogP contribution in [0.2, 0.25) is 0 Å². The minimum Gasteiger partial charge on any atom is -0.573 e. The van der Waals surface area contributed by atoms with Gasteiger partial charge in [0.05, 0.1) is 5.69 Å². The van der Waals surface area contributed by atoms with Gasteiger partial charge in [-0.15, -0.1) is 0 Å². The van der Waals surface area contributed by atoms with Gasteiger partial charge in [-0.2, -0.15) is 0 Å². The van der Waals surface area contributed by atoms with Crippen molar-refractivity contribution >= 4 is 16.7 Å². The van der Waals surface area contributed by atoms with Crippen LogP contribution in [0.5, 0.6) is 0 Å². The second kappa shape index (κ2) is 8.49. The van der Waals surface area contributed by atoms with Crippen molar-refractivity contribution in [3.8, 4) is 11.4 Å². The summed E-state index contributed by atoms with van der Waals surface area (Å²) in [6.45, 7) is 7.15. The number of rotatable bonds is 2. The molecule has 0 radical (unpaired) electrons. The maximum Gasteiger partial charge on any atom is 0.354 e. The molecule has 6 nitrogen and oxygen atoms in total. The zero-order valence-corrected chi connectivity index (χ0v) is 21.0. The van der Waals surface area contributed by atoms with Gasteiger partial charge in [0.1, 0.15) is 5.69 Å². The molecule has 6 rings (SSSR count). The number of carbonyl (C=O) groups is 1. The molecule has 2 aliphatic carbocycles. The first-order valence-corrected chi connectivity index (χ1v) is 10.9. The van der Waals surface area contributed by atoms with E-state index in [2.05, 4.69) is 65.2 Å². The molecule has 2 atom stereocenters. The smallest absolute Gasteiger partial charge is 0.354 e. The van der Waals surface area contributed by atoms with Crippen LogP contribution in [0.25, 0.3) is 22.2 Å². The van der Waals surface area contributed by atoms with Gasteiger partial charge in [0.2, 0.25) is 0 Å². The fraction of sp³-hybridized carbons (Fsp3) is 0.308. The van der Waals surface area contributed by atoms with Crippen LogP contribution >= 0.6 is 0 Å². The largest absolute Gasteiger partial charge is 0.573 e.